The van der Waals surface area contributed by atoms with Crippen LogP contribution in [0.5, 0.6) is 0 Å². The van der Waals surface area contributed by atoms with Gasteiger partial charge in [-0.1, -0.05) is 35.3 Å². The zero-order valence-electron chi connectivity index (χ0n) is 11.6. The molecule has 2 aromatic heterocycles. The number of aromatic amines is 1. The van der Waals surface area contributed by atoms with Crippen molar-refractivity contribution in [1.29, 1.82) is 0 Å². The molecule has 1 aromatic carbocycles. The van der Waals surface area contributed by atoms with E-state index in [2.05, 4.69) is 20.6 Å². The minimum Gasteiger partial charge on any atom is -0.302 e. The Bertz CT molecular complexity index is 843. The molecule has 118 valence electrons. The molecule has 0 bridgehead atoms. The molecule has 6 nitrogen and oxygen atoms in total. The van der Waals surface area contributed by atoms with Crippen LogP contribution in [0.1, 0.15) is 16.1 Å². The zero-order valence-corrected chi connectivity index (χ0v) is 13.1. The average molecular weight is 354 g/mol. The number of hydrogen-bond acceptors (Lipinski definition) is 3. The van der Waals surface area contributed by atoms with Gasteiger partial charge in [0.15, 0.2) is 5.82 Å². The van der Waals surface area contributed by atoms with E-state index in [1.54, 1.807) is 23.0 Å². The Morgan fingerprint density at radius 3 is 2.65 bits per heavy atom. The molecule has 9 heteroatoms. The zero-order chi connectivity index (χ0) is 16.4. The number of aromatic nitrogens is 4. The fourth-order valence-corrected chi connectivity index (χ4v) is 2.31. The number of carbonyl (C=O) groups is 1. The lowest BCUT2D eigenvalue weighted by Crippen LogP contribution is -2.14. The van der Waals surface area contributed by atoms with E-state index in [1.807, 2.05) is 0 Å². The van der Waals surface area contributed by atoms with Gasteiger partial charge in [0.2, 0.25) is 0 Å². The molecular weight excluding hydrogens is 344 g/mol. The monoisotopic (exact) mass is 353 g/mol. The van der Waals surface area contributed by atoms with E-state index >= 15 is 0 Å². The van der Waals surface area contributed by atoms with Crippen molar-refractivity contribution in [2.24, 2.45) is 0 Å². The molecule has 23 heavy (non-hydrogen) atoms. The molecule has 0 fully saturated rings. The molecule has 3 rings (SSSR count). The molecule has 0 saturated carbocycles. The topological polar surface area (TPSA) is 75.6 Å². The Hall–Kier alpha value is -2.38. The largest absolute Gasteiger partial charge is 0.302 e. The minimum atomic E-state index is -0.499. The molecule has 0 saturated heterocycles. The molecule has 2 N–H and O–H groups in total. The maximum atomic E-state index is 12.9. The minimum absolute atomic E-state index is 0.121. The quantitative estimate of drug-likeness (QED) is 0.755. The number of halogens is 3. The molecule has 0 aliphatic carbocycles. The van der Waals surface area contributed by atoms with Gasteiger partial charge in [0.05, 0.1) is 17.8 Å². The maximum Gasteiger partial charge on any atom is 0.276 e. The Morgan fingerprint density at radius 1 is 1.26 bits per heavy atom. The summed E-state index contributed by atoms with van der Waals surface area (Å²) in [7, 11) is 0. The third-order valence-electron chi connectivity index (χ3n) is 3.03. The lowest BCUT2D eigenvalue weighted by molar-refractivity contribution is 0.102. The van der Waals surface area contributed by atoms with Gasteiger partial charge in [-0.25, -0.2) is 4.39 Å². The second kappa shape index (κ2) is 6.39. The van der Waals surface area contributed by atoms with Crippen molar-refractivity contribution >= 4 is 34.9 Å². The number of nitrogens with zero attached hydrogens (tertiary/aromatic N) is 3. The van der Waals surface area contributed by atoms with Crippen molar-refractivity contribution in [3.63, 3.8) is 0 Å². The first kappa shape index (κ1) is 15.5. The van der Waals surface area contributed by atoms with E-state index in [0.717, 1.165) is 5.56 Å². The van der Waals surface area contributed by atoms with Gasteiger partial charge in [0, 0.05) is 6.20 Å². The van der Waals surface area contributed by atoms with Gasteiger partial charge in [0.25, 0.3) is 5.91 Å². The van der Waals surface area contributed by atoms with E-state index in [4.69, 9.17) is 23.2 Å². The first-order chi connectivity index (χ1) is 11.0. The summed E-state index contributed by atoms with van der Waals surface area (Å²) in [5.74, 6) is -0.609. The standard InChI is InChI=1S/C14H10Cl2FN5O/c15-10-5-18-20-12(10)14(23)19-13-11(16)7-22(21-13)6-8-1-3-9(17)4-2-8/h1-5,7H,6H2,(H,18,20)(H,19,21,23). The van der Waals surface area contributed by atoms with Gasteiger partial charge in [-0.3, -0.25) is 14.6 Å². The second-order valence-electron chi connectivity index (χ2n) is 4.70. The Balaban J connectivity index is 1.74. The fraction of sp³-hybridized carbons (Fsp3) is 0.0714. The van der Waals surface area contributed by atoms with Gasteiger partial charge in [-0.05, 0) is 17.7 Å². The Kier molecular flexibility index (Phi) is 4.31. The summed E-state index contributed by atoms with van der Waals surface area (Å²) >= 11 is 11.9. The number of anilines is 1. The van der Waals surface area contributed by atoms with Crippen molar-refractivity contribution in [3.05, 3.63) is 63.8 Å². The molecule has 2 heterocycles. The van der Waals surface area contributed by atoms with E-state index in [0.29, 0.717) is 6.54 Å². The van der Waals surface area contributed by atoms with Crippen molar-refractivity contribution in [2.45, 2.75) is 6.54 Å². The highest BCUT2D eigenvalue weighted by Gasteiger charge is 2.16. The number of rotatable bonds is 4. The summed E-state index contributed by atoms with van der Waals surface area (Å²) in [5.41, 5.74) is 0.968. The normalized spacial score (nSPS) is 10.7. The summed E-state index contributed by atoms with van der Waals surface area (Å²) in [6, 6.07) is 6.02. The van der Waals surface area contributed by atoms with Gasteiger partial charge >= 0.3 is 0 Å². The smallest absolute Gasteiger partial charge is 0.276 e. The molecule has 0 aliphatic rings. The molecule has 0 aliphatic heterocycles. The van der Waals surface area contributed by atoms with Gasteiger partial charge in [0.1, 0.15) is 16.5 Å². The van der Waals surface area contributed by atoms with Crippen LogP contribution in [0.15, 0.2) is 36.7 Å². The van der Waals surface area contributed by atoms with Gasteiger partial charge in [-0.2, -0.15) is 10.2 Å². The fourth-order valence-electron chi connectivity index (χ4n) is 1.94. The first-order valence-electron chi connectivity index (χ1n) is 6.50. The third kappa shape index (κ3) is 3.52. The van der Waals surface area contributed by atoms with E-state index in [1.165, 1.54) is 18.3 Å². The Labute approximate surface area is 140 Å². The van der Waals surface area contributed by atoms with Crippen LogP contribution in [0.4, 0.5) is 10.2 Å². The number of amides is 1. The van der Waals surface area contributed by atoms with Crippen LogP contribution >= 0.6 is 23.2 Å². The number of benzene rings is 1. The highest BCUT2D eigenvalue weighted by molar-refractivity contribution is 6.35. The van der Waals surface area contributed by atoms with Gasteiger partial charge in [-0.15, -0.1) is 0 Å². The summed E-state index contributed by atoms with van der Waals surface area (Å²) in [5, 5.41) is 13.4. The highest BCUT2D eigenvalue weighted by Crippen LogP contribution is 2.21. The number of hydrogen-bond donors (Lipinski definition) is 2. The summed E-state index contributed by atoms with van der Waals surface area (Å²) < 4.78 is 14.4. The van der Waals surface area contributed by atoms with Crippen molar-refractivity contribution in [2.75, 3.05) is 5.32 Å². The Morgan fingerprint density at radius 2 is 2.00 bits per heavy atom. The SMILES string of the molecule is O=C(Nc1nn(Cc2ccc(F)cc2)cc1Cl)c1[nH]ncc1Cl. The first-order valence-corrected chi connectivity index (χ1v) is 7.26. The maximum absolute atomic E-state index is 12.9. The van der Waals surface area contributed by atoms with E-state index in [9.17, 15) is 9.18 Å². The second-order valence-corrected chi connectivity index (χ2v) is 5.51. The third-order valence-corrected chi connectivity index (χ3v) is 3.59. The number of nitrogens with one attached hydrogen (secondary N) is 2. The predicted octanol–water partition coefficient (Wildman–Crippen LogP) is 3.35. The van der Waals surface area contributed by atoms with Crippen LogP contribution in [-0.2, 0) is 6.54 Å². The predicted molar refractivity (Wildman–Crippen MR) is 84.3 cm³/mol. The average Bonchev–Trinajstić information content (AvgIpc) is 3.08. The van der Waals surface area contributed by atoms with Gasteiger partial charge < -0.3 is 5.32 Å². The van der Waals surface area contributed by atoms with Crippen molar-refractivity contribution in [1.82, 2.24) is 20.0 Å². The lowest BCUT2D eigenvalue weighted by atomic mass is 10.2. The van der Waals surface area contributed by atoms with Crippen LogP contribution in [0.3, 0.4) is 0 Å². The molecule has 0 spiro atoms. The van der Waals surface area contributed by atoms with Crippen LogP contribution in [0.2, 0.25) is 10.0 Å². The number of H-pyrrole nitrogens is 1. The number of carbonyl (C=O) groups excluding carboxylic acids is 1. The van der Waals surface area contributed by atoms with Crippen LogP contribution in [0.25, 0.3) is 0 Å². The van der Waals surface area contributed by atoms with Crippen LogP contribution in [-0.4, -0.2) is 25.9 Å². The van der Waals surface area contributed by atoms with E-state index in [-0.39, 0.29) is 27.4 Å². The molecule has 0 unspecified atom stereocenters. The van der Waals surface area contributed by atoms with Crippen LogP contribution < -0.4 is 5.32 Å². The molecule has 3 aromatic rings. The van der Waals surface area contributed by atoms with Crippen molar-refractivity contribution < 1.29 is 9.18 Å². The van der Waals surface area contributed by atoms with Crippen LogP contribution in [0, 0.1) is 5.82 Å². The molecular formula is C14H10Cl2FN5O. The van der Waals surface area contributed by atoms with Crippen molar-refractivity contribution in [3.8, 4) is 0 Å². The van der Waals surface area contributed by atoms with E-state index < -0.39 is 5.91 Å². The lowest BCUT2D eigenvalue weighted by Gasteiger charge is -2.02. The molecule has 0 atom stereocenters. The summed E-state index contributed by atoms with van der Waals surface area (Å²) in [6.45, 7) is 0.390. The molecule has 0 radical (unpaired) electrons. The summed E-state index contributed by atoms with van der Waals surface area (Å²) in [4.78, 5) is 12.0. The molecule has 1 amide bonds. The summed E-state index contributed by atoms with van der Waals surface area (Å²) in [6.07, 6.45) is 2.89. The highest BCUT2D eigenvalue weighted by atomic mass is 35.5.